The second-order valence-corrected chi connectivity index (χ2v) is 7.04. The van der Waals surface area contributed by atoms with Crippen molar-refractivity contribution in [3.8, 4) is 5.75 Å². The molecule has 1 aromatic carbocycles. The quantitative estimate of drug-likeness (QED) is 0.801. The topological polar surface area (TPSA) is 66.8 Å². The molecular weight excluding hydrogens is 325 g/mol. The van der Waals surface area contributed by atoms with E-state index in [2.05, 4.69) is 0 Å². The van der Waals surface area contributed by atoms with E-state index in [1.165, 1.54) is 18.9 Å². The summed E-state index contributed by atoms with van der Waals surface area (Å²) in [4.78, 5) is 24.0. The van der Waals surface area contributed by atoms with Crippen molar-refractivity contribution in [3.63, 3.8) is 0 Å². The van der Waals surface area contributed by atoms with Crippen molar-refractivity contribution in [1.82, 2.24) is 4.90 Å². The average molecular weight is 349 g/mol. The Kier molecular flexibility index (Phi) is 5.56. The van der Waals surface area contributed by atoms with Crippen LogP contribution in [0.5, 0.6) is 5.75 Å². The summed E-state index contributed by atoms with van der Waals surface area (Å²) in [5.41, 5.74) is 0.953. The van der Waals surface area contributed by atoms with E-state index in [1.54, 1.807) is 17.0 Å². The van der Waals surface area contributed by atoms with Gasteiger partial charge in [-0.3, -0.25) is 9.59 Å². The van der Waals surface area contributed by atoms with Crippen LogP contribution in [-0.4, -0.2) is 41.6 Å². The van der Waals surface area contributed by atoms with Crippen LogP contribution >= 0.6 is 0 Å². The van der Waals surface area contributed by atoms with Gasteiger partial charge in [-0.1, -0.05) is 12.8 Å². The summed E-state index contributed by atoms with van der Waals surface area (Å²) in [6.45, 7) is 1.55. The Balaban J connectivity index is 1.57. The molecule has 1 amide bonds. The minimum atomic E-state index is -1.10. The molecule has 1 saturated heterocycles. The van der Waals surface area contributed by atoms with E-state index in [4.69, 9.17) is 9.84 Å². The molecule has 1 N–H and O–H groups in total. The van der Waals surface area contributed by atoms with Gasteiger partial charge in [-0.15, -0.1) is 0 Å². The van der Waals surface area contributed by atoms with E-state index in [9.17, 15) is 14.0 Å². The molecule has 1 aliphatic carbocycles. The molecule has 0 unspecified atom stereocenters. The van der Waals surface area contributed by atoms with Crippen LogP contribution in [0, 0.1) is 11.7 Å². The third kappa shape index (κ3) is 4.50. The van der Waals surface area contributed by atoms with Crippen LogP contribution < -0.4 is 4.74 Å². The molecule has 25 heavy (non-hydrogen) atoms. The molecule has 1 atom stereocenters. The van der Waals surface area contributed by atoms with Crippen LogP contribution in [0.15, 0.2) is 18.2 Å². The number of carbonyl (C=O) groups is 2. The Morgan fingerprint density at radius 2 is 2.00 bits per heavy atom. The Labute approximate surface area is 146 Å². The van der Waals surface area contributed by atoms with E-state index >= 15 is 0 Å². The van der Waals surface area contributed by atoms with Gasteiger partial charge in [-0.2, -0.15) is 0 Å². The van der Waals surface area contributed by atoms with E-state index in [0.717, 1.165) is 30.6 Å². The number of rotatable bonds is 6. The lowest BCUT2D eigenvalue weighted by Gasteiger charge is -2.19. The largest absolute Gasteiger partial charge is 0.493 e. The van der Waals surface area contributed by atoms with Crippen LogP contribution in [-0.2, 0) is 9.59 Å². The number of carbonyl (C=O) groups excluding carboxylic acids is 1. The predicted octanol–water partition coefficient (Wildman–Crippen LogP) is 3.19. The van der Waals surface area contributed by atoms with Gasteiger partial charge in [0.2, 0.25) is 5.91 Å². The molecule has 0 bridgehead atoms. The Hall–Kier alpha value is -2.11. The number of benzene rings is 1. The van der Waals surface area contributed by atoms with E-state index in [-0.39, 0.29) is 17.6 Å². The van der Waals surface area contributed by atoms with Gasteiger partial charge in [0.25, 0.3) is 0 Å². The van der Waals surface area contributed by atoms with Gasteiger partial charge in [-0.25, -0.2) is 4.39 Å². The molecule has 0 aromatic heterocycles. The predicted molar refractivity (Wildman–Crippen MR) is 90.0 cm³/mol. The van der Waals surface area contributed by atoms with E-state index in [0.29, 0.717) is 25.6 Å². The van der Waals surface area contributed by atoms with Crippen LogP contribution in [0.2, 0.25) is 0 Å². The van der Waals surface area contributed by atoms with Crippen molar-refractivity contribution in [3.05, 3.63) is 29.6 Å². The highest BCUT2D eigenvalue weighted by Gasteiger charge is 2.28. The molecule has 1 aromatic rings. The van der Waals surface area contributed by atoms with Crippen molar-refractivity contribution < 1.29 is 23.8 Å². The highest BCUT2D eigenvalue weighted by Crippen LogP contribution is 2.39. The fourth-order valence-corrected chi connectivity index (χ4v) is 3.85. The van der Waals surface area contributed by atoms with Crippen LogP contribution in [0.1, 0.15) is 50.0 Å². The Morgan fingerprint density at radius 1 is 1.24 bits per heavy atom. The van der Waals surface area contributed by atoms with Gasteiger partial charge >= 0.3 is 5.97 Å². The minimum Gasteiger partial charge on any atom is -0.493 e. The minimum absolute atomic E-state index is 0.180. The third-order valence-corrected chi connectivity index (χ3v) is 5.18. The summed E-state index contributed by atoms with van der Waals surface area (Å²) in [6, 6.07) is 4.71. The SMILES string of the molecule is O=C(O)CC(=O)N1CC[C@@H](COc2ccc(F)cc2C2CCCC2)C1. The lowest BCUT2D eigenvalue weighted by Crippen LogP contribution is -2.31. The summed E-state index contributed by atoms with van der Waals surface area (Å²) >= 11 is 0. The first-order valence-corrected chi connectivity index (χ1v) is 8.94. The first-order valence-electron chi connectivity index (χ1n) is 8.94. The van der Waals surface area contributed by atoms with Crippen LogP contribution in [0.3, 0.4) is 0 Å². The molecule has 1 heterocycles. The van der Waals surface area contributed by atoms with Gasteiger partial charge in [0.1, 0.15) is 18.0 Å². The van der Waals surface area contributed by atoms with Crippen molar-refractivity contribution in [2.24, 2.45) is 5.92 Å². The molecule has 0 spiro atoms. The van der Waals surface area contributed by atoms with Gasteiger partial charge in [0.15, 0.2) is 0 Å². The number of nitrogens with zero attached hydrogens (tertiary/aromatic N) is 1. The first kappa shape index (κ1) is 17.7. The maximum Gasteiger partial charge on any atom is 0.312 e. The number of aliphatic carboxylic acids is 1. The standard InChI is InChI=1S/C19H24FNO4/c20-15-5-6-17(16(9-15)14-3-1-2-4-14)25-12-13-7-8-21(11-13)18(22)10-19(23)24/h5-6,9,13-14H,1-4,7-8,10-12H2,(H,23,24)/t13-/m1/s1. The normalized spacial score (nSPS) is 20.8. The molecule has 1 aliphatic heterocycles. The smallest absolute Gasteiger partial charge is 0.312 e. The van der Waals surface area contributed by atoms with E-state index in [1.807, 2.05) is 0 Å². The van der Waals surface area contributed by atoms with E-state index < -0.39 is 12.4 Å². The third-order valence-electron chi connectivity index (χ3n) is 5.18. The second kappa shape index (κ2) is 7.85. The molecule has 1 saturated carbocycles. The maximum atomic E-state index is 13.6. The second-order valence-electron chi connectivity index (χ2n) is 7.04. The summed E-state index contributed by atoms with van der Waals surface area (Å²) < 4.78 is 19.6. The molecule has 3 rings (SSSR count). The molecule has 2 aliphatic rings. The molecule has 0 radical (unpaired) electrons. The molecule has 5 nitrogen and oxygen atoms in total. The highest BCUT2D eigenvalue weighted by molar-refractivity contribution is 5.93. The van der Waals surface area contributed by atoms with Crippen molar-refractivity contribution in [1.29, 1.82) is 0 Å². The van der Waals surface area contributed by atoms with Crippen molar-refractivity contribution in [2.45, 2.75) is 44.4 Å². The number of amides is 1. The number of hydrogen-bond acceptors (Lipinski definition) is 3. The zero-order chi connectivity index (χ0) is 17.8. The van der Waals surface area contributed by atoms with Gasteiger partial charge < -0.3 is 14.7 Å². The van der Waals surface area contributed by atoms with Gasteiger partial charge in [-0.05, 0) is 43.4 Å². The number of likely N-dealkylation sites (tertiary alicyclic amines) is 1. The molecular formula is C19H24FNO4. The van der Waals surface area contributed by atoms with Crippen molar-refractivity contribution >= 4 is 11.9 Å². The zero-order valence-electron chi connectivity index (χ0n) is 14.2. The summed E-state index contributed by atoms with van der Waals surface area (Å²) in [6.07, 6.45) is 4.82. The van der Waals surface area contributed by atoms with Crippen LogP contribution in [0.4, 0.5) is 4.39 Å². The fraction of sp³-hybridized carbons (Fsp3) is 0.579. The molecule has 6 heteroatoms. The number of carboxylic acid groups (broad SMARTS) is 1. The fourth-order valence-electron chi connectivity index (χ4n) is 3.85. The van der Waals surface area contributed by atoms with Gasteiger partial charge in [0.05, 0.1) is 6.61 Å². The summed E-state index contributed by atoms with van der Waals surface area (Å²) in [7, 11) is 0. The summed E-state index contributed by atoms with van der Waals surface area (Å²) in [5.74, 6) is -0.396. The number of carboxylic acids is 1. The van der Waals surface area contributed by atoms with Crippen molar-refractivity contribution in [2.75, 3.05) is 19.7 Å². The monoisotopic (exact) mass is 349 g/mol. The van der Waals surface area contributed by atoms with Gasteiger partial charge in [0, 0.05) is 24.6 Å². The highest BCUT2D eigenvalue weighted by atomic mass is 19.1. The first-order chi connectivity index (χ1) is 12.0. The average Bonchev–Trinajstić information content (AvgIpc) is 3.25. The number of ether oxygens (including phenoxy) is 1. The number of hydrogen-bond donors (Lipinski definition) is 1. The maximum absolute atomic E-state index is 13.6. The summed E-state index contributed by atoms with van der Waals surface area (Å²) in [5, 5.41) is 8.72. The molecule has 136 valence electrons. The zero-order valence-corrected chi connectivity index (χ0v) is 14.2. The lowest BCUT2D eigenvalue weighted by atomic mass is 9.96. The number of halogens is 1. The lowest BCUT2D eigenvalue weighted by molar-refractivity contribution is -0.143. The molecule has 2 fully saturated rings. The van der Waals surface area contributed by atoms with Crippen LogP contribution in [0.25, 0.3) is 0 Å². The Morgan fingerprint density at radius 3 is 2.72 bits per heavy atom. The Bertz CT molecular complexity index is 642.